The molecule has 0 aromatic carbocycles. The summed E-state index contributed by atoms with van der Waals surface area (Å²) in [5.74, 6) is 1.91. The lowest BCUT2D eigenvalue weighted by atomic mass is 10.1. The standard InChI is InChI=1S/C10H12N4S/c11-7-3-4-9-12-10(13-14(9)6-7)8-2-1-5-15-8/h1-2,5,7H,3-4,6,11H2. The maximum absolute atomic E-state index is 5.89. The Labute approximate surface area is 91.7 Å². The van der Waals surface area contributed by atoms with Gasteiger partial charge in [0.05, 0.1) is 11.4 Å². The minimum absolute atomic E-state index is 0.232. The van der Waals surface area contributed by atoms with E-state index in [1.807, 2.05) is 22.2 Å². The fourth-order valence-corrected chi connectivity index (χ4v) is 2.50. The van der Waals surface area contributed by atoms with Crippen LogP contribution in [-0.2, 0) is 13.0 Å². The Kier molecular flexibility index (Phi) is 2.07. The second kappa shape index (κ2) is 3.43. The monoisotopic (exact) mass is 220 g/mol. The largest absolute Gasteiger partial charge is 0.326 e. The van der Waals surface area contributed by atoms with Gasteiger partial charge in [-0.2, -0.15) is 0 Å². The lowest BCUT2D eigenvalue weighted by molar-refractivity contribution is 0.422. The molecule has 1 aliphatic rings. The number of fused-ring (bicyclic) bond motifs is 1. The highest BCUT2D eigenvalue weighted by Gasteiger charge is 2.19. The van der Waals surface area contributed by atoms with Crippen molar-refractivity contribution < 1.29 is 0 Å². The van der Waals surface area contributed by atoms with Crippen LogP contribution in [0, 0.1) is 0 Å². The number of thiophene rings is 1. The van der Waals surface area contributed by atoms with E-state index in [-0.39, 0.29) is 6.04 Å². The summed E-state index contributed by atoms with van der Waals surface area (Å²) in [6.07, 6.45) is 1.96. The van der Waals surface area contributed by atoms with Gasteiger partial charge in [0.25, 0.3) is 0 Å². The third-order valence-electron chi connectivity index (χ3n) is 2.64. The van der Waals surface area contributed by atoms with Crippen LogP contribution in [0.25, 0.3) is 10.7 Å². The highest BCUT2D eigenvalue weighted by Crippen LogP contribution is 2.23. The van der Waals surface area contributed by atoms with Gasteiger partial charge in [0.15, 0.2) is 5.82 Å². The molecule has 78 valence electrons. The second-order valence-electron chi connectivity index (χ2n) is 3.81. The van der Waals surface area contributed by atoms with Crippen molar-refractivity contribution >= 4 is 11.3 Å². The molecule has 0 bridgehead atoms. The molecular formula is C10H12N4S. The summed E-state index contributed by atoms with van der Waals surface area (Å²) in [6.45, 7) is 0.799. The molecule has 1 atom stereocenters. The van der Waals surface area contributed by atoms with Gasteiger partial charge in [-0.1, -0.05) is 6.07 Å². The fourth-order valence-electron chi connectivity index (χ4n) is 1.84. The first-order valence-corrected chi connectivity index (χ1v) is 5.94. The highest BCUT2D eigenvalue weighted by molar-refractivity contribution is 7.13. The third-order valence-corrected chi connectivity index (χ3v) is 3.50. The van der Waals surface area contributed by atoms with Gasteiger partial charge in [-0.15, -0.1) is 16.4 Å². The molecule has 0 amide bonds. The number of hydrogen-bond acceptors (Lipinski definition) is 4. The molecule has 1 unspecified atom stereocenters. The summed E-state index contributed by atoms with van der Waals surface area (Å²) >= 11 is 1.67. The van der Waals surface area contributed by atoms with Gasteiger partial charge < -0.3 is 5.73 Å². The van der Waals surface area contributed by atoms with Crippen molar-refractivity contribution in [3.63, 3.8) is 0 Å². The van der Waals surface area contributed by atoms with Crippen LogP contribution in [0.5, 0.6) is 0 Å². The SMILES string of the molecule is NC1CCc2nc(-c3cccs3)nn2C1. The van der Waals surface area contributed by atoms with Gasteiger partial charge in [-0.05, 0) is 17.9 Å². The van der Waals surface area contributed by atoms with Crippen molar-refractivity contribution in [1.29, 1.82) is 0 Å². The smallest absolute Gasteiger partial charge is 0.191 e. The van der Waals surface area contributed by atoms with E-state index in [1.54, 1.807) is 11.3 Å². The topological polar surface area (TPSA) is 56.7 Å². The molecule has 3 rings (SSSR count). The molecule has 0 radical (unpaired) electrons. The van der Waals surface area contributed by atoms with Crippen LogP contribution < -0.4 is 5.73 Å². The van der Waals surface area contributed by atoms with Crippen molar-refractivity contribution in [2.24, 2.45) is 5.73 Å². The number of aryl methyl sites for hydroxylation is 1. The summed E-state index contributed by atoms with van der Waals surface area (Å²) in [7, 11) is 0. The first-order chi connectivity index (χ1) is 7.33. The minimum Gasteiger partial charge on any atom is -0.326 e. The fraction of sp³-hybridized carbons (Fsp3) is 0.400. The van der Waals surface area contributed by atoms with E-state index in [1.165, 1.54) is 0 Å². The van der Waals surface area contributed by atoms with E-state index in [9.17, 15) is 0 Å². The van der Waals surface area contributed by atoms with Crippen LogP contribution in [0.15, 0.2) is 17.5 Å². The lowest BCUT2D eigenvalue weighted by Gasteiger charge is -2.17. The first kappa shape index (κ1) is 9.06. The van der Waals surface area contributed by atoms with Gasteiger partial charge in [0.1, 0.15) is 5.82 Å². The van der Waals surface area contributed by atoms with Crippen LogP contribution in [0.3, 0.4) is 0 Å². The van der Waals surface area contributed by atoms with Crippen LogP contribution in [-0.4, -0.2) is 20.8 Å². The van der Waals surface area contributed by atoms with Gasteiger partial charge in [-0.3, -0.25) is 0 Å². The number of aromatic nitrogens is 3. The van der Waals surface area contributed by atoms with E-state index in [4.69, 9.17) is 5.73 Å². The molecule has 2 aromatic rings. The molecule has 2 aromatic heterocycles. The van der Waals surface area contributed by atoms with Gasteiger partial charge >= 0.3 is 0 Å². The highest BCUT2D eigenvalue weighted by atomic mass is 32.1. The predicted octanol–water partition coefficient (Wildman–Crippen LogP) is 1.28. The Hall–Kier alpha value is -1.20. The molecule has 0 aliphatic carbocycles. The first-order valence-electron chi connectivity index (χ1n) is 5.06. The quantitative estimate of drug-likeness (QED) is 0.787. The van der Waals surface area contributed by atoms with Crippen molar-refractivity contribution in [2.45, 2.75) is 25.4 Å². The Balaban J connectivity index is 2.00. The molecule has 3 heterocycles. The summed E-state index contributed by atoms with van der Waals surface area (Å²) in [4.78, 5) is 5.66. The minimum atomic E-state index is 0.232. The Morgan fingerprint density at radius 2 is 2.47 bits per heavy atom. The molecular weight excluding hydrogens is 208 g/mol. The molecule has 15 heavy (non-hydrogen) atoms. The number of nitrogens with two attached hydrogens (primary N) is 1. The summed E-state index contributed by atoms with van der Waals surface area (Å²) < 4.78 is 1.95. The van der Waals surface area contributed by atoms with Crippen LogP contribution in [0.2, 0.25) is 0 Å². The van der Waals surface area contributed by atoms with E-state index in [0.29, 0.717) is 0 Å². The normalized spacial score (nSPS) is 20.2. The van der Waals surface area contributed by atoms with Gasteiger partial charge in [-0.25, -0.2) is 9.67 Å². The number of nitrogens with zero attached hydrogens (tertiary/aromatic N) is 3. The van der Waals surface area contributed by atoms with Crippen molar-refractivity contribution in [3.8, 4) is 10.7 Å². The summed E-state index contributed by atoms with van der Waals surface area (Å²) in [6, 6.07) is 4.30. The zero-order valence-electron chi connectivity index (χ0n) is 8.26. The Bertz CT molecular complexity index is 460. The molecule has 0 spiro atoms. The molecule has 1 aliphatic heterocycles. The average molecular weight is 220 g/mol. The second-order valence-corrected chi connectivity index (χ2v) is 4.76. The molecule has 0 fully saturated rings. The third kappa shape index (κ3) is 1.57. The zero-order chi connectivity index (χ0) is 10.3. The number of hydrogen-bond donors (Lipinski definition) is 1. The van der Waals surface area contributed by atoms with Crippen molar-refractivity contribution in [2.75, 3.05) is 0 Å². The van der Waals surface area contributed by atoms with Crippen molar-refractivity contribution in [1.82, 2.24) is 14.8 Å². The lowest BCUT2D eigenvalue weighted by Crippen LogP contribution is -2.32. The maximum Gasteiger partial charge on any atom is 0.191 e. The van der Waals surface area contributed by atoms with Crippen LogP contribution >= 0.6 is 11.3 Å². The molecule has 5 heteroatoms. The maximum atomic E-state index is 5.89. The summed E-state index contributed by atoms with van der Waals surface area (Å²) in [5, 5.41) is 6.52. The van der Waals surface area contributed by atoms with E-state index >= 15 is 0 Å². The molecule has 0 saturated heterocycles. The average Bonchev–Trinajstić information content (AvgIpc) is 2.84. The Morgan fingerprint density at radius 3 is 3.27 bits per heavy atom. The number of rotatable bonds is 1. The molecule has 4 nitrogen and oxygen atoms in total. The van der Waals surface area contributed by atoms with Gasteiger partial charge in [0.2, 0.25) is 0 Å². The van der Waals surface area contributed by atoms with E-state index < -0.39 is 0 Å². The molecule has 0 saturated carbocycles. The Morgan fingerprint density at radius 1 is 1.53 bits per heavy atom. The molecule has 2 N–H and O–H groups in total. The van der Waals surface area contributed by atoms with E-state index in [0.717, 1.165) is 35.9 Å². The van der Waals surface area contributed by atoms with Crippen LogP contribution in [0.1, 0.15) is 12.2 Å². The zero-order valence-corrected chi connectivity index (χ0v) is 9.07. The van der Waals surface area contributed by atoms with Gasteiger partial charge in [0, 0.05) is 12.5 Å². The van der Waals surface area contributed by atoms with E-state index in [2.05, 4.69) is 10.1 Å². The van der Waals surface area contributed by atoms with Crippen molar-refractivity contribution in [3.05, 3.63) is 23.3 Å². The predicted molar refractivity (Wildman–Crippen MR) is 59.6 cm³/mol. The summed E-state index contributed by atoms with van der Waals surface area (Å²) in [5.41, 5.74) is 5.89. The van der Waals surface area contributed by atoms with Crippen LogP contribution in [0.4, 0.5) is 0 Å².